The summed E-state index contributed by atoms with van der Waals surface area (Å²) in [7, 11) is 0. The predicted molar refractivity (Wildman–Crippen MR) is 72.0 cm³/mol. The first-order valence-electron chi connectivity index (χ1n) is 5.71. The monoisotopic (exact) mass is 248 g/mol. The van der Waals surface area contributed by atoms with Crippen LogP contribution in [-0.4, -0.2) is 27.8 Å². The van der Waals surface area contributed by atoms with E-state index in [2.05, 4.69) is 4.99 Å². The van der Waals surface area contributed by atoms with Crippen LogP contribution < -0.4 is 0 Å². The lowest BCUT2D eigenvalue weighted by Crippen LogP contribution is -2.35. The van der Waals surface area contributed by atoms with Crippen molar-refractivity contribution in [1.29, 1.82) is 0 Å². The molecule has 1 aliphatic rings. The molecule has 0 radical (unpaired) electrons. The van der Waals surface area contributed by atoms with Gasteiger partial charge in [0, 0.05) is 6.04 Å². The van der Waals surface area contributed by atoms with Gasteiger partial charge in [-0.25, -0.2) is 0 Å². The van der Waals surface area contributed by atoms with Gasteiger partial charge in [-0.3, -0.25) is 14.7 Å². The number of carbonyl (C=O) groups excluding carboxylic acids is 1. The smallest absolute Gasteiger partial charge is 0.239 e. The number of benzene rings is 1. The van der Waals surface area contributed by atoms with E-state index in [1.807, 2.05) is 44.2 Å². The highest BCUT2D eigenvalue weighted by Gasteiger charge is 2.29. The fourth-order valence-electron chi connectivity index (χ4n) is 1.75. The van der Waals surface area contributed by atoms with E-state index in [0.717, 1.165) is 5.17 Å². The largest absolute Gasteiger partial charge is 0.288 e. The summed E-state index contributed by atoms with van der Waals surface area (Å²) in [6.07, 6.45) is 0. The van der Waals surface area contributed by atoms with Crippen LogP contribution in [0.4, 0.5) is 0 Å². The van der Waals surface area contributed by atoms with Gasteiger partial charge in [0.05, 0.1) is 12.3 Å². The van der Waals surface area contributed by atoms with Crippen molar-refractivity contribution < 1.29 is 4.79 Å². The Morgan fingerprint density at radius 3 is 2.71 bits per heavy atom. The first kappa shape index (κ1) is 12.2. The van der Waals surface area contributed by atoms with Crippen molar-refractivity contribution >= 4 is 22.8 Å². The molecule has 0 N–H and O–H groups in total. The molecule has 1 aromatic carbocycles. The minimum Gasteiger partial charge on any atom is -0.288 e. The predicted octanol–water partition coefficient (Wildman–Crippen LogP) is 2.53. The van der Waals surface area contributed by atoms with Crippen molar-refractivity contribution in [2.75, 3.05) is 5.75 Å². The molecule has 0 saturated carbocycles. The van der Waals surface area contributed by atoms with Gasteiger partial charge in [0.2, 0.25) is 5.91 Å². The molecule has 1 amide bonds. The van der Waals surface area contributed by atoms with Crippen LogP contribution in [0.5, 0.6) is 0 Å². The Kier molecular flexibility index (Phi) is 3.84. The van der Waals surface area contributed by atoms with Crippen molar-refractivity contribution in [3.8, 4) is 0 Å². The molecular formula is C13H16N2OS. The van der Waals surface area contributed by atoms with Crippen molar-refractivity contribution in [3.05, 3.63) is 35.9 Å². The van der Waals surface area contributed by atoms with Crippen LogP contribution in [-0.2, 0) is 11.3 Å². The van der Waals surface area contributed by atoms with Gasteiger partial charge in [0.15, 0.2) is 5.17 Å². The standard InChI is InChI=1S/C13H16N2OS/c1-10(2)15-12(16)9-17-13(15)14-8-11-6-4-3-5-7-11/h3-7,10H,8-9H2,1-2H3. The summed E-state index contributed by atoms with van der Waals surface area (Å²) in [5, 5.41) is 0.855. The number of amidine groups is 1. The van der Waals surface area contributed by atoms with Crippen molar-refractivity contribution in [1.82, 2.24) is 4.90 Å². The average molecular weight is 248 g/mol. The molecule has 1 heterocycles. The van der Waals surface area contributed by atoms with Gasteiger partial charge in [-0.2, -0.15) is 0 Å². The molecule has 1 aromatic rings. The zero-order valence-corrected chi connectivity index (χ0v) is 10.9. The highest BCUT2D eigenvalue weighted by Crippen LogP contribution is 2.22. The maximum atomic E-state index is 11.7. The number of aliphatic imine (C=N–C) groups is 1. The van der Waals surface area contributed by atoms with E-state index in [4.69, 9.17) is 0 Å². The number of hydrogen-bond donors (Lipinski definition) is 0. The molecule has 4 heteroatoms. The van der Waals surface area contributed by atoms with Crippen LogP contribution in [0, 0.1) is 0 Å². The number of amides is 1. The van der Waals surface area contributed by atoms with E-state index in [9.17, 15) is 4.79 Å². The Labute approximate surface area is 106 Å². The summed E-state index contributed by atoms with van der Waals surface area (Å²) < 4.78 is 0. The molecular weight excluding hydrogens is 232 g/mol. The number of carbonyl (C=O) groups is 1. The summed E-state index contributed by atoms with van der Waals surface area (Å²) in [6, 6.07) is 10.3. The second-order valence-electron chi connectivity index (χ2n) is 4.23. The second-order valence-corrected chi connectivity index (χ2v) is 5.17. The lowest BCUT2D eigenvalue weighted by Gasteiger charge is -2.20. The van der Waals surface area contributed by atoms with Crippen LogP contribution in [0.2, 0.25) is 0 Å². The maximum Gasteiger partial charge on any atom is 0.239 e. The SMILES string of the molecule is CC(C)N1C(=O)CSC1=NCc1ccccc1. The first-order chi connectivity index (χ1) is 8.18. The van der Waals surface area contributed by atoms with Gasteiger partial charge in [-0.05, 0) is 19.4 Å². The molecule has 90 valence electrons. The number of hydrogen-bond acceptors (Lipinski definition) is 3. The zero-order chi connectivity index (χ0) is 12.3. The van der Waals surface area contributed by atoms with E-state index in [0.29, 0.717) is 12.3 Å². The van der Waals surface area contributed by atoms with Crippen LogP contribution in [0.1, 0.15) is 19.4 Å². The summed E-state index contributed by atoms with van der Waals surface area (Å²) in [4.78, 5) is 18.0. The zero-order valence-electron chi connectivity index (χ0n) is 10.1. The van der Waals surface area contributed by atoms with Gasteiger partial charge in [-0.15, -0.1) is 0 Å². The van der Waals surface area contributed by atoms with E-state index in [1.165, 1.54) is 17.3 Å². The van der Waals surface area contributed by atoms with E-state index in [1.54, 1.807) is 4.90 Å². The Balaban J connectivity index is 2.09. The molecule has 3 nitrogen and oxygen atoms in total. The molecule has 1 aliphatic heterocycles. The van der Waals surface area contributed by atoms with E-state index < -0.39 is 0 Å². The Bertz CT molecular complexity index is 428. The van der Waals surface area contributed by atoms with E-state index in [-0.39, 0.29) is 11.9 Å². The van der Waals surface area contributed by atoms with Gasteiger partial charge in [0.1, 0.15) is 0 Å². The number of thioether (sulfide) groups is 1. The topological polar surface area (TPSA) is 32.7 Å². The van der Waals surface area contributed by atoms with Gasteiger partial charge >= 0.3 is 0 Å². The van der Waals surface area contributed by atoms with Crippen LogP contribution in [0.3, 0.4) is 0 Å². The Hall–Kier alpha value is -1.29. The fraction of sp³-hybridized carbons (Fsp3) is 0.385. The molecule has 17 heavy (non-hydrogen) atoms. The third-order valence-electron chi connectivity index (χ3n) is 2.56. The second kappa shape index (κ2) is 5.36. The Morgan fingerprint density at radius 2 is 2.06 bits per heavy atom. The Morgan fingerprint density at radius 1 is 1.35 bits per heavy atom. The normalized spacial score (nSPS) is 18.4. The summed E-state index contributed by atoms with van der Waals surface area (Å²) in [6.45, 7) is 4.67. The van der Waals surface area contributed by atoms with Crippen molar-refractivity contribution in [2.24, 2.45) is 4.99 Å². The highest BCUT2D eigenvalue weighted by molar-refractivity contribution is 8.15. The average Bonchev–Trinajstić information content (AvgIpc) is 2.69. The summed E-state index contributed by atoms with van der Waals surface area (Å²) >= 11 is 1.53. The highest BCUT2D eigenvalue weighted by atomic mass is 32.2. The van der Waals surface area contributed by atoms with Crippen molar-refractivity contribution in [3.63, 3.8) is 0 Å². The number of nitrogens with zero attached hydrogens (tertiary/aromatic N) is 2. The minimum absolute atomic E-state index is 0.164. The maximum absolute atomic E-state index is 11.7. The van der Waals surface area contributed by atoms with Crippen molar-refractivity contribution in [2.45, 2.75) is 26.4 Å². The third-order valence-corrected chi connectivity index (χ3v) is 3.53. The first-order valence-corrected chi connectivity index (χ1v) is 6.70. The fourth-order valence-corrected chi connectivity index (χ4v) is 2.74. The lowest BCUT2D eigenvalue weighted by molar-refractivity contribution is -0.125. The molecule has 1 saturated heterocycles. The molecule has 0 spiro atoms. The molecule has 1 fully saturated rings. The van der Waals surface area contributed by atoms with Gasteiger partial charge in [0.25, 0.3) is 0 Å². The molecule has 0 unspecified atom stereocenters. The summed E-state index contributed by atoms with van der Waals surface area (Å²) in [5.41, 5.74) is 1.17. The molecule has 0 atom stereocenters. The molecule has 0 bridgehead atoms. The molecule has 2 rings (SSSR count). The quantitative estimate of drug-likeness (QED) is 0.823. The van der Waals surface area contributed by atoms with Gasteiger partial charge in [-0.1, -0.05) is 42.1 Å². The van der Waals surface area contributed by atoms with Crippen LogP contribution in [0.25, 0.3) is 0 Å². The van der Waals surface area contributed by atoms with Crippen LogP contribution in [0.15, 0.2) is 35.3 Å². The lowest BCUT2D eigenvalue weighted by atomic mass is 10.2. The minimum atomic E-state index is 0.164. The molecule has 0 aromatic heterocycles. The van der Waals surface area contributed by atoms with Crippen LogP contribution >= 0.6 is 11.8 Å². The number of rotatable bonds is 3. The molecule has 0 aliphatic carbocycles. The van der Waals surface area contributed by atoms with Gasteiger partial charge < -0.3 is 0 Å². The van der Waals surface area contributed by atoms with E-state index >= 15 is 0 Å². The third kappa shape index (κ3) is 2.88. The summed E-state index contributed by atoms with van der Waals surface area (Å²) in [5.74, 6) is 0.683.